The van der Waals surface area contributed by atoms with Gasteiger partial charge in [-0.3, -0.25) is 14.6 Å². The average molecular weight is 382 g/mol. The molecule has 0 radical (unpaired) electrons. The molecule has 0 spiro atoms. The zero-order chi connectivity index (χ0) is 20.1. The zero-order valence-corrected chi connectivity index (χ0v) is 14.8. The van der Waals surface area contributed by atoms with Gasteiger partial charge in [-0.25, -0.2) is 8.78 Å². The van der Waals surface area contributed by atoms with Crippen molar-refractivity contribution < 1.29 is 18.4 Å². The number of hydrogen-bond donors (Lipinski definition) is 3. The van der Waals surface area contributed by atoms with E-state index in [9.17, 15) is 18.4 Å². The van der Waals surface area contributed by atoms with Gasteiger partial charge in [-0.1, -0.05) is 6.07 Å². The first kappa shape index (κ1) is 19.0. The van der Waals surface area contributed by atoms with Crippen molar-refractivity contribution in [3.05, 3.63) is 78.1 Å². The number of anilines is 4. The minimum absolute atomic E-state index is 0.0905. The monoisotopic (exact) mass is 382 g/mol. The maximum Gasteiger partial charge on any atom is 0.274 e. The summed E-state index contributed by atoms with van der Waals surface area (Å²) >= 11 is 0. The van der Waals surface area contributed by atoms with Crippen LogP contribution in [0.2, 0.25) is 0 Å². The summed E-state index contributed by atoms with van der Waals surface area (Å²) < 4.78 is 26.3. The van der Waals surface area contributed by atoms with Crippen LogP contribution in [0, 0.1) is 11.6 Å². The van der Waals surface area contributed by atoms with E-state index in [2.05, 4.69) is 20.9 Å². The summed E-state index contributed by atoms with van der Waals surface area (Å²) in [4.78, 5) is 27.5. The minimum atomic E-state index is -1.06. The van der Waals surface area contributed by atoms with Gasteiger partial charge < -0.3 is 16.0 Å². The molecule has 0 bridgehead atoms. The Morgan fingerprint density at radius 3 is 2.29 bits per heavy atom. The van der Waals surface area contributed by atoms with Crippen molar-refractivity contribution in [2.24, 2.45) is 0 Å². The first-order valence-electron chi connectivity index (χ1n) is 8.28. The molecule has 0 atom stereocenters. The number of aromatic nitrogens is 1. The molecule has 2 amide bonds. The lowest BCUT2D eigenvalue weighted by Gasteiger charge is -2.10. The second-order valence-corrected chi connectivity index (χ2v) is 5.90. The summed E-state index contributed by atoms with van der Waals surface area (Å²) in [5, 5.41) is 8.26. The van der Waals surface area contributed by atoms with Crippen molar-refractivity contribution in [2.45, 2.75) is 6.92 Å². The Morgan fingerprint density at radius 2 is 1.54 bits per heavy atom. The molecule has 28 heavy (non-hydrogen) atoms. The van der Waals surface area contributed by atoms with E-state index in [0.29, 0.717) is 17.1 Å². The second-order valence-electron chi connectivity index (χ2n) is 5.90. The molecule has 0 unspecified atom stereocenters. The van der Waals surface area contributed by atoms with E-state index < -0.39 is 17.5 Å². The Bertz CT molecular complexity index is 1040. The molecular formula is C20H16F2N4O2. The van der Waals surface area contributed by atoms with Gasteiger partial charge >= 0.3 is 0 Å². The molecule has 1 aromatic heterocycles. The summed E-state index contributed by atoms with van der Waals surface area (Å²) in [7, 11) is 0. The first-order chi connectivity index (χ1) is 13.4. The molecule has 0 aliphatic heterocycles. The lowest BCUT2D eigenvalue weighted by atomic mass is 10.2. The van der Waals surface area contributed by atoms with E-state index in [1.165, 1.54) is 25.3 Å². The number of nitrogens with zero attached hydrogens (tertiary/aromatic N) is 1. The number of amides is 2. The van der Waals surface area contributed by atoms with Crippen LogP contribution < -0.4 is 16.0 Å². The van der Waals surface area contributed by atoms with Crippen LogP contribution in [-0.2, 0) is 4.79 Å². The maximum atomic E-state index is 13.3. The van der Waals surface area contributed by atoms with Crippen LogP contribution >= 0.6 is 0 Å². The number of nitrogens with one attached hydrogen (secondary N) is 3. The number of pyridine rings is 1. The molecule has 142 valence electrons. The van der Waals surface area contributed by atoms with Crippen LogP contribution in [0.5, 0.6) is 0 Å². The molecule has 3 N–H and O–H groups in total. The van der Waals surface area contributed by atoms with Gasteiger partial charge in [0.15, 0.2) is 11.6 Å². The summed E-state index contributed by atoms with van der Waals surface area (Å²) in [6.45, 7) is 1.42. The lowest BCUT2D eigenvalue weighted by molar-refractivity contribution is -0.114. The summed E-state index contributed by atoms with van der Waals surface area (Å²) in [5.74, 6) is -2.80. The molecule has 0 aliphatic rings. The number of halogens is 2. The van der Waals surface area contributed by atoms with Crippen LogP contribution in [-0.4, -0.2) is 16.8 Å². The van der Waals surface area contributed by atoms with Gasteiger partial charge in [-0.15, -0.1) is 0 Å². The molecule has 6 nitrogen and oxygen atoms in total. The van der Waals surface area contributed by atoms with Gasteiger partial charge in [-0.2, -0.15) is 0 Å². The fourth-order valence-corrected chi connectivity index (χ4v) is 2.45. The van der Waals surface area contributed by atoms with Gasteiger partial charge in [0, 0.05) is 41.9 Å². The molecular weight excluding hydrogens is 366 g/mol. The molecule has 3 aromatic rings. The Hall–Kier alpha value is -3.81. The Morgan fingerprint density at radius 1 is 0.821 bits per heavy atom. The topological polar surface area (TPSA) is 83.1 Å². The van der Waals surface area contributed by atoms with Crippen molar-refractivity contribution in [2.75, 3.05) is 16.0 Å². The number of carbonyl (C=O) groups excluding carboxylic acids is 2. The van der Waals surface area contributed by atoms with Crippen LogP contribution in [0.1, 0.15) is 17.4 Å². The minimum Gasteiger partial charge on any atom is -0.355 e. The molecule has 1 heterocycles. The molecule has 0 saturated carbocycles. The summed E-state index contributed by atoms with van der Waals surface area (Å²) in [5.41, 5.74) is 2.12. The van der Waals surface area contributed by atoms with Crippen molar-refractivity contribution in [3.63, 3.8) is 0 Å². The highest BCUT2D eigenvalue weighted by Gasteiger charge is 2.11. The molecule has 0 aliphatic carbocycles. The Balaban J connectivity index is 1.73. The maximum absolute atomic E-state index is 13.3. The number of benzene rings is 2. The molecule has 0 fully saturated rings. The normalized spacial score (nSPS) is 10.2. The predicted molar refractivity (Wildman–Crippen MR) is 103 cm³/mol. The third-order valence-electron chi connectivity index (χ3n) is 3.64. The van der Waals surface area contributed by atoms with Crippen LogP contribution in [0.4, 0.5) is 31.5 Å². The van der Waals surface area contributed by atoms with Crippen molar-refractivity contribution in [1.82, 2.24) is 4.98 Å². The molecule has 0 saturated heterocycles. The quantitative estimate of drug-likeness (QED) is 0.614. The summed E-state index contributed by atoms with van der Waals surface area (Å²) in [6, 6.07) is 13.3. The predicted octanol–water partition coefficient (Wildman–Crippen LogP) is 4.31. The van der Waals surface area contributed by atoms with E-state index in [4.69, 9.17) is 0 Å². The lowest BCUT2D eigenvalue weighted by Crippen LogP contribution is -2.14. The van der Waals surface area contributed by atoms with Crippen LogP contribution in [0.15, 0.2) is 60.8 Å². The second kappa shape index (κ2) is 8.26. The van der Waals surface area contributed by atoms with Gasteiger partial charge in [-0.05, 0) is 42.5 Å². The van der Waals surface area contributed by atoms with Gasteiger partial charge in [0.25, 0.3) is 5.91 Å². The van der Waals surface area contributed by atoms with Gasteiger partial charge in [0.2, 0.25) is 5.91 Å². The van der Waals surface area contributed by atoms with Crippen molar-refractivity contribution >= 4 is 34.6 Å². The van der Waals surface area contributed by atoms with Gasteiger partial charge in [0.05, 0.1) is 0 Å². The highest BCUT2D eigenvalue weighted by atomic mass is 19.2. The van der Waals surface area contributed by atoms with Crippen molar-refractivity contribution in [3.8, 4) is 0 Å². The molecule has 2 aromatic carbocycles. The Kier molecular flexibility index (Phi) is 5.59. The first-order valence-corrected chi connectivity index (χ1v) is 8.28. The average Bonchev–Trinajstić information content (AvgIpc) is 2.65. The number of hydrogen-bond acceptors (Lipinski definition) is 4. The standard InChI is InChI=1S/C20H16F2N4O2/c1-12(27)24-13-3-2-4-14(9-13)25-16-7-8-23-19(11-16)20(28)26-15-5-6-17(21)18(22)10-15/h2-11H,1H3,(H,23,25)(H,24,27)(H,26,28). The van der Waals surface area contributed by atoms with Gasteiger partial charge in [0.1, 0.15) is 5.69 Å². The van der Waals surface area contributed by atoms with Crippen molar-refractivity contribution in [1.29, 1.82) is 0 Å². The van der Waals surface area contributed by atoms with E-state index in [-0.39, 0.29) is 17.3 Å². The van der Waals surface area contributed by atoms with Crippen LogP contribution in [0.3, 0.4) is 0 Å². The number of carbonyl (C=O) groups is 2. The van der Waals surface area contributed by atoms with E-state index >= 15 is 0 Å². The Labute approximate surface area is 159 Å². The third kappa shape index (κ3) is 4.88. The number of rotatable bonds is 5. The zero-order valence-electron chi connectivity index (χ0n) is 14.8. The third-order valence-corrected chi connectivity index (χ3v) is 3.64. The van der Waals surface area contributed by atoms with E-state index in [1.807, 2.05) is 0 Å². The fourth-order valence-electron chi connectivity index (χ4n) is 2.45. The van der Waals surface area contributed by atoms with E-state index in [0.717, 1.165) is 12.1 Å². The highest BCUT2D eigenvalue weighted by molar-refractivity contribution is 6.03. The van der Waals surface area contributed by atoms with Crippen LogP contribution in [0.25, 0.3) is 0 Å². The summed E-state index contributed by atoms with van der Waals surface area (Å²) in [6.07, 6.45) is 1.44. The largest absolute Gasteiger partial charge is 0.355 e. The van der Waals surface area contributed by atoms with E-state index in [1.54, 1.807) is 30.3 Å². The molecule has 8 heteroatoms. The molecule has 3 rings (SSSR count). The highest BCUT2D eigenvalue weighted by Crippen LogP contribution is 2.21. The fraction of sp³-hybridized carbons (Fsp3) is 0.0500. The SMILES string of the molecule is CC(=O)Nc1cccc(Nc2ccnc(C(=O)Nc3ccc(F)c(F)c3)c2)c1. The smallest absolute Gasteiger partial charge is 0.274 e.